The molecule has 1 aromatic heterocycles. The topological polar surface area (TPSA) is 38.9 Å². The number of aromatic nitrogens is 1. The second kappa shape index (κ2) is 13.3. The summed E-state index contributed by atoms with van der Waals surface area (Å²) in [5.74, 6) is 0.801. The van der Waals surface area contributed by atoms with Gasteiger partial charge in [-0.05, 0) is 36.4 Å². The van der Waals surface area contributed by atoms with Crippen LogP contribution in [0.4, 0.5) is 11.4 Å². The van der Waals surface area contributed by atoms with Crippen LogP contribution in [0.2, 0.25) is 0 Å². The summed E-state index contributed by atoms with van der Waals surface area (Å²) >= 11 is 0. The molecular formula is C47H33N3O. The van der Waals surface area contributed by atoms with E-state index < -0.39 is 0 Å². The number of fused-ring (bicyclic) bond motifs is 5. The molecule has 1 atom stereocenters. The van der Waals surface area contributed by atoms with Gasteiger partial charge in [0.25, 0.3) is 0 Å². The zero-order valence-electron chi connectivity index (χ0n) is 27.8. The van der Waals surface area contributed by atoms with Crippen LogP contribution in [0, 0.1) is 0 Å². The lowest BCUT2D eigenvalue weighted by atomic mass is 10.0. The monoisotopic (exact) mass is 655 g/mol. The fourth-order valence-electron chi connectivity index (χ4n) is 6.88. The van der Waals surface area contributed by atoms with Crippen molar-refractivity contribution in [3.05, 3.63) is 222 Å². The minimum Gasteiger partial charge on any atom is -0.465 e. The van der Waals surface area contributed by atoms with Gasteiger partial charge >= 0.3 is 0 Å². The smallest absolute Gasteiger partial charge is 0.203 e. The highest BCUT2D eigenvalue weighted by atomic mass is 16.5. The Balaban J connectivity index is 1.18. The fourth-order valence-corrected chi connectivity index (χ4v) is 6.88. The second-order valence-corrected chi connectivity index (χ2v) is 12.6. The Bertz CT molecular complexity index is 2440. The minimum atomic E-state index is -0.355. The Kier molecular flexibility index (Phi) is 7.88. The van der Waals surface area contributed by atoms with Gasteiger partial charge in [0.05, 0.1) is 34.0 Å². The molecule has 0 fully saturated rings. The first kappa shape index (κ1) is 30.3. The van der Waals surface area contributed by atoms with Crippen LogP contribution >= 0.6 is 0 Å². The van der Waals surface area contributed by atoms with E-state index in [1.165, 1.54) is 0 Å². The molecule has 1 unspecified atom stereocenters. The van der Waals surface area contributed by atoms with Gasteiger partial charge in [0, 0.05) is 44.8 Å². The highest BCUT2D eigenvalue weighted by molar-refractivity contribution is 6.14. The molecule has 9 rings (SSSR count). The third-order valence-electron chi connectivity index (χ3n) is 9.29. The molecule has 0 radical (unpaired) electrons. The van der Waals surface area contributed by atoms with Crippen LogP contribution in [0.25, 0.3) is 22.2 Å². The van der Waals surface area contributed by atoms with Gasteiger partial charge < -0.3 is 9.30 Å². The van der Waals surface area contributed by atoms with E-state index in [-0.39, 0.29) is 6.23 Å². The van der Waals surface area contributed by atoms with Gasteiger partial charge in [-0.2, -0.15) is 0 Å². The lowest BCUT2D eigenvalue weighted by Crippen LogP contribution is -2.22. The number of rotatable bonds is 7. The van der Waals surface area contributed by atoms with Crippen molar-refractivity contribution in [3.63, 3.8) is 0 Å². The second-order valence-electron chi connectivity index (χ2n) is 12.6. The number of aliphatic imine (C=N–C) groups is 2. The van der Waals surface area contributed by atoms with Gasteiger partial charge in [-0.15, -0.1) is 0 Å². The summed E-state index contributed by atoms with van der Waals surface area (Å²) in [5, 5.41) is 1.10. The van der Waals surface area contributed by atoms with E-state index in [2.05, 4.69) is 144 Å². The predicted octanol–water partition coefficient (Wildman–Crippen LogP) is 11.6. The summed E-state index contributed by atoms with van der Waals surface area (Å²) in [6, 6.07) is 66.8. The van der Waals surface area contributed by atoms with Crippen LogP contribution in [0.5, 0.6) is 5.75 Å². The molecule has 2 heterocycles. The number of benzene rings is 7. The maximum Gasteiger partial charge on any atom is 0.203 e. The summed E-state index contributed by atoms with van der Waals surface area (Å²) < 4.78 is 9.22. The molecule has 0 saturated carbocycles. The van der Waals surface area contributed by atoms with Gasteiger partial charge in [-0.3, -0.25) is 0 Å². The Morgan fingerprint density at radius 3 is 1.41 bits per heavy atom. The van der Waals surface area contributed by atoms with Gasteiger partial charge in [0.15, 0.2) is 0 Å². The molecule has 0 aliphatic carbocycles. The molecule has 51 heavy (non-hydrogen) atoms. The molecule has 0 amide bonds. The average Bonchev–Trinajstić information content (AvgIpc) is 3.59. The summed E-state index contributed by atoms with van der Waals surface area (Å²) in [5.41, 5.74) is 12.1. The van der Waals surface area contributed by atoms with Crippen LogP contribution in [0.1, 0.15) is 34.0 Å². The third kappa shape index (κ3) is 5.94. The molecule has 0 bridgehead atoms. The van der Waals surface area contributed by atoms with Crippen molar-refractivity contribution in [2.45, 2.75) is 6.23 Å². The number of hydrogen-bond donors (Lipinski definition) is 0. The molecule has 4 heteroatoms. The van der Waals surface area contributed by atoms with Crippen molar-refractivity contribution in [2.75, 3.05) is 0 Å². The zero-order chi connectivity index (χ0) is 34.0. The average molecular weight is 656 g/mol. The quantitative estimate of drug-likeness (QED) is 0.158. The lowest BCUT2D eigenvalue weighted by molar-refractivity contribution is 0.173. The van der Waals surface area contributed by atoms with Crippen molar-refractivity contribution in [3.8, 4) is 17.0 Å². The van der Waals surface area contributed by atoms with E-state index in [0.29, 0.717) is 0 Å². The Hall–Kier alpha value is -6.78. The highest BCUT2D eigenvalue weighted by Crippen LogP contribution is 2.46. The molecule has 1 aliphatic rings. The maximum atomic E-state index is 6.92. The highest BCUT2D eigenvalue weighted by Gasteiger charge is 2.29. The molecule has 7 aromatic carbocycles. The van der Waals surface area contributed by atoms with Crippen molar-refractivity contribution >= 4 is 33.7 Å². The van der Waals surface area contributed by atoms with Crippen LogP contribution < -0.4 is 4.74 Å². The first-order chi connectivity index (χ1) is 25.3. The Morgan fingerprint density at radius 1 is 0.451 bits per heavy atom. The van der Waals surface area contributed by atoms with Crippen LogP contribution in [0.15, 0.2) is 204 Å². The van der Waals surface area contributed by atoms with E-state index in [9.17, 15) is 0 Å². The van der Waals surface area contributed by atoms with Crippen molar-refractivity contribution in [1.29, 1.82) is 0 Å². The first-order valence-corrected chi connectivity index (χ1v) is 17.2. The van der Waals surface area contributed by atoms with E-state index >= 15 is 0 Å². The number of nitrogens with zero attached hydrogens (tertiary/aromatic N) is 3. The molecule has 1 aliphatic heterocycles. The van der Waals surface area contributed by atoms with E-state index in [1.807, 2.05) is 54.6 Å². The normalized spacial score (nSPS) is 13.1. The summed E-state index contributed by atoms with van der Waals surface area (Å²) in [4.78, 5) is 10.4. The number of ether oxygens (including phenoxy) is 1. The van der Waals surface area contributed by atoms with Gasteiger partial charge in [0.2, 0.25) is 6.23 Å². The molecule has 0 spiro atoms. The Labute approximate surface area is 297 Å². The van der Waals surface area contributed by atoms with Gasteiger partial charge in [0.1, 0.15) is 5.75 Å². The van der Waals surface area contributed by atoms with E-state index in [0.717, 1.165) is 78.5 Å². The Morgan fingerprint density at radius 2 is 0.902 bits per heavy atom. The van der Waals surface area contributed by atoms with Crippen molar-refractivity contribution in [2.24, 2.45) is 9.98 Å². The largest absolute Gasteiger partial charge is 0.465 e. The molecule has 8 aromatic rings. The third-order valence-corrected chi connectivity index (χ3v) is 9.29. The SMILES string of the molecule is c1ccc(C(=Nc2ccc3c(c2)OC(c2ccccc2)n2c-3cc3cc(N=C(c4ccccc4)c4ccccc4)ccc32)c2ccccc2)cc1. The first-order valence-electron chi connectivity index (χ1n) is 17.2. The molecule has 4 nitrogen and oxygen atoms in total. The molecule has 242 valence electrons. The fraction of sp³-hybridized carbons (Fsp3) is 0.0213. The molecular weight excluding hydrogens is 623 g/mol. The van der Waals surface area contributed by atoms with Gasteiger partial charge in [-0.25, -0.2) is 9.98 Å². The van der Waals surface area contributed by atoms with Crippen LogP contribution in [-0.4, -0.2) is 16.0 Å². The summed E-state index contributed by atoms with van der Waals surface area (Å²) in [6.45, 7) is 0. The minimum absolute atomic E-state index is 0.355. The predicted molar refractivity (Wildman–Crippen MR) is 209 cm³/mol. The summed E-state index contributed by atoms with van der Waals surface area (Å²) in [7, 11) is 0. The van der Waals surface area contributed by atoms with Crippen molar-refractivity contribution in [1.82, 2.24) is 4.57 Å². The van der Waals surface area contributed by atoms with Crippen LogP contribution in [-0.2, 0) is 0 Å². The standard InChI is InChI=1S/C47H33N3O/c1-6-16-33(17-7-1)45(34-18-8-2-9-19-34)48-39-27-29-42-38(30-39)31-43-41-28-26-40(32-44(41)51-47(50(42)43)37-24-14-5-15-25-37)49-46(35-20-10-3-11-21-35)36-22-12-4-13-23-36/h1-32,47H. The number of hydrogen-bond acceptors (Lipinski definition) is 3. The molecule has 0 N–H and O–H groups in total. The lowest BCUT2D eigenvalue weighted by Gasteiger charge is -2.30. The zero-order valence-corrected chi connectivity index (χ0v) is 27.8. The van der Waals surface area contributed by atoms with Crippen molar-refractivity contribution < 1.29 is 4.74 Å². The summed E-state index contributed by atoms with van der Waals surface area (Å²) in [6.07, 6.45) is -0.355. The van der Waals surface area contributed by atoms with Crippen LogP contribution in [0.3, 0.4) is 0 Å². The maximum absolute atomic E-state index is 6.92. The van der Waals surface area contributed by atoms with E-state index in [4.69, 9.17) is 14.7 Å². The van der Waals surface area contributed by atoms with E-state index in [1.54, 1.807) is 0 Å². The van der Waals surface area contributed by atoms with Gasteiger partial charge in [-0.1, -0.05) is 152 Å². The molecule has 0 saturated heterocycles.